The highest BCUT2D eigenvalue weighted by molar-refractivity contribution is 5.88. The topological polar surface area (TPSA) is 68.0 Å². The van der Waals surface area contributed by atoms with Gasteiger partial charge in [-0.25, -0.2) is 4.79 Å². The number of aryl methyl sites for hydroxylation is 2. The molecular formula is C11H11N3O2. The van der Waals surface area contributed by atoms with Crippen LogP contribution in [0.3, 0.4) is 0 Å². The molecule has 0 aliphatic rings. The molecule has 1 N–H and O–H groups in total. The Hall–Kier alpha value is -2.17. The van der Waals surface area contributed by atoms with Crippen LogP contribution in [0.4, 0.5) is 0 Å². The first-order valence-electron chi connectivity index (χ1n) is 4.77. The summed E-state index contributed by atoms with van der Waals surface area (Å²) in [7, 11) is 1.82. The molecule has 2 aromatic rings. The summed E-state index contributed by atoms with van der Waals surface area (Å²) in [5.41, 5.74) is 2.70. The number of hydrogen-bond donors (Lipinski definition) is 1. The van der Waals surface area contributed by atoms with Gasteiger partial charge >= 0.3 is 5.97 Å². The maximum atomic E-state index is 10.8. The fourth-order valence-corrected chi connectivity index (χ4v) is 1.59. The molecule has 0 radical (unpaired) electrons. The van der Waals surface area contributed by atoms with Crippen LogP contribution in [0.1, 0.15) is 16.1 Å². The number of aromatic nitrogens is 3. The van der Waals surface area contributed by atoms with Gasteiger partial charge in [-0.15, -0.1) is 0 Å². The number of aromatic carboxylic acids is 1. The summed E-state index contributed by atoms with van der Waals surface area (Å²) in [4.78, 5) is 14.7. The Balaban J connectivity index is 2.52. The quantitative estimate of drug-likeness (QED) is 0.827. The summed E-state index contributed by atoms with van der Waals surface area (Å²) >= 11 is 0. The highest BCUT2D eigenvalue weighted by Crippen LogP contribution is 2.22. The molecule has 16 heavy (non-hydrogen) atoms. The van der Waals surface area contributed by atoms with Gasteiger partial charge in [-0.2, -0.15) is 5.10 Å². The zero-order valence-electron chi connectivity index (χ0n) is 9.01. The summed E-state index contributed by atoms with van der Waals surface area (Å²) < 4.78 is 1.69. The molecule has 0 unspecified atom stereocenters. The van der Waals surface area contributed by atoms with E-state index in [0.29, 0.717) is 0 Å². The fraction of sp³-hybridized carbons (Fsp3) is 0.182. The lowest BCUT2D eigenvalue weighted by Gasteiger charge is -1.99. The zero-order chi connectivity index (χ0) is 11.7. The molecular weight excluding hydrogens is 206 g/mol. The third-order valence-corrected chi connectivity index (χ3v) is 2.31. The maximum Gasteiger partial charge on any atom is 0.337 e. The van der Waals surface area contributed by atoms with Crippen molar-refractivity contribution in [3.63, 3.8) is 0 Å². The lowest BCUT2D eigenvalue weighted by Crippen LogP contribution is -1.97. The molecule has 2 heterocycles. The predicted octanol–water partition coefficient (Wildman–Crippen LogP) is 1.49. The van der Waals surface area contributed by atoms with Gasteiger partial charge in [0.25, 0.3) is 0 Å². The highest BCUT2D eigenvalue weighted by Gasteiger charge is 2.09. The molecule has 5 heteroatoms. The summed E-state index contributed by atoms with van der Waals surface area (Å²) in [5.74, 6) is -0.976. The summed E-state index contributed by atoms with van der Waals surface area (Å²) in [6.45, 7) is 1.88. The molecule has 82 valence electrons. The number of carbonyl (C=O) groups is 1. The number of hydrogen-bond acceptors (Lipinski definition) is 3. The molecule has 0 amide bonds. The third-order valence-electron chi connectivity index (χ3n) is 2.31. The molecule has 0 aromatic carbocycles. The summed E-state index contributed by atoms with van der Waals surface area (Å²) in [6, 6.07) is 1.60. The number of pyridine rings is 1. The number of nitrogens with zero attached hydrogens (tertiary/aromatic N) is 3. The lowest BCUT2D eigenvalue weighted by molar-refractivity contribution is 0.0696. The molecule has 0 aliphatic heterocycles. The first kappa shape index (κ1) is 10.4. The molecule has 0 bridgehead atoms. The molecule has 0 saturated carbocycles. The average Bonchev–Trinajstić information content (AvgIpc) is 2.58. The van der Waals surface area contributed by atoms with Crippen molar-refractivity contribution in [3.05, 3.63) is 35.9 Å². The Morgan fingerprint density at radius 3 is 2.75 bits per heavy atom. The number of carboxylic acid groups (broad SMARTS) is 1. The van der Waals surface area contributed by atoms with Gasteiger partial charge in [-0.05, 0) is 13.0 Å². The van der Waals surface area contributed by atoms with Crippen LogP contribution in [0, 0.1) is 6.92 Å². The standard InChI is InChI=1S/C11H11N3O2/c1-7-10(6-14(2)13-7)8-3-9(11(15)16)5-12-4-8/h3-6H,1-2H3,(H,15,16). The molecule has 0 fully saturated rings. The first-order valence-corrected chi connectivity index (χ1v) is 4.77. The Morgan fingerprint density at radius 2 is 2.19 bits per heavy atom. The Kier molecular flexibility index (Phi) is 2.44. The van der Waals surface area contributed by atoms with Gasteiger partial charge in [0, 0.05) is 36.8 Å². The molecule has 0 spiro atoms. The van der Waals surface area contributed by atoms with Crippen molar-refractivity contribution in [1.29, 1.82) is 0 Å². The van der Waals surface area contributed by atoms with E-state index in [-0.39, 0.29) is 5.56 Å². The molecule has 5 nitrogen and oxygen atoms in total. The van der Waals surface area contributed by atoms with Gasteiger partial charge in [0.05, 0.1) is 11.3 Å². The van der Waals surface area contributed by atoms with Gasteiger partial charge in [-0.1, -0.05) is 0 Å². The normalized spacial score (nSPS) is 10.4. The number of rotatable bonds is 2. The van der Waals surface area contributed by atoms with Crippen molar-refractivity contribution >= 4 is 5.97 Å². The van der Waals surface area contributed by atoms with Gasteiger partial charge in [0.1, 0.15) is 0 Å². The van der Waals surface area contributed by atoms with E-state index in [0.717, 1.165) is 16.8 Å². The van der Waals surface area contributed by atoms with Crippen LogP contribution in [0.25, 0.3) is 11.1 Å². The van der Waals surface area contributed by atoms with Gasteiger partial charge in [-0.3, -0.25) is 9.67 Å². The SMILES string of the molecule is Cc1nn(C)cc1-c1cncc(C(=O)O)c1. The van der Waals surface area contributed by atoms with Crippen molar-refractivity contribution < 1.29 is 9.90 Å². The van der Waals surface area contributed by atoms with Crippen molar-refractivity contribution in [2.24, 2.45) is 7.05 Å². The van der Waals surface area contributed by atoms with E-state index in [1.807, 2.05) is 20.2 Å². The lowest BCUT2D eigenvalue weighted by atomic mass is 10.1. The van der Waals surface area contributed by atoms with E-state index in [9.17, 15) is 4.79 Å². The van der Waals surface area contributed by atoms with Crippen LogP contribution in [0.5, 0.6) is 0 Å². The molecule has 0 aliphatic carbocycles. The average molecular weight is 217 g/mol. The van der Waals surface area contributed by atoms with Gasteiger partial charge in [0.15, 0.2) is 0 Å². The van der Waals surface area contributed by atoms with Crippen molar-refractivity contribution in [3.8, 4) is 11.1 Å². The van der Waals surface area contributed by atoms with E-state index in [1.165, 1.54) is 6.20 Å². The fourth-order valence-electron chi connectivity index (χ4n) is 1.59. The maximum absolute atomic E-state index is 10.8. The monoisotopic (exact) mass is 217 g/mol. The van der Waals surface area contributed by atoms with Crippen LogP contribution in [0.15, 0.2) is 24.7 Å². The van der Waals surface area contributed by atoms with E-state index < -0.39 is 5.97 Å². The predicted molar refractivity (Wildman–Crippen MR) is 58.1 cm³/mol. The van der Waals surface area contributed by atoms with Crippen LogP contribution >= 0.6 is 0 Å². The van der Waals surface area contributed by atoms with Crippen molar-refractivity contribution in [1.82, 2.24) is 14.8 Å². The van der Waals surface area contributed by atoms with Crippen LogP contribution in [-0.4, -0.2) is 25.8 Å². The van der Waals surface area contributed by atoms with Gasteiger partial charge in [0.2, 0.25) is 0 Å². The largest absolute Gasteiger partial charge is 0.478 e. The van der Waals surface area contributed by atoms with E-state index in [2.05, 4.69) is 10.1 Å². The second-order valence-electron chi connectivity index (χ2n) is 3.57. The Bertz CT molecular complexity index is 546. The Morgan fingerprint density at radius 1 is 1.44 bits per heavy atom. The molecule has 0 atom stereocenters. The first-order chi connectivity index (χ1) is 7.58. The molecule has 2 rings (SSSR count). The Labute approximate surface area is 92.4 Å². The van der Waals surface area contributed by atoms with E-state index in [4.69, 9.17) is 5.11 Å². The number of carboxylic acids is 1. The smallest absolute Gasteiger partial charge is 0.337 e. The van der Waals surface area contributed by atoms with E-state index >= 15 is 0 Å². The van der Waals surface area contributed by atoms with Crippen LogP contribution in [0.2, 0.25) is 0 Å². The summed E-state index contributed by atoms with van der Waals surface area (Å²) in [5, 5.41) is 13.1. The summed E-state index contributed by atoms with van der Waals surface area (Å²) in [6.07, 6.45) is 4.81. The second kappa shape index (κ2) is 3.77. The minimum absolute atomic E-state index is 0.181. The van der Waals surface area contributed by atoms with Crippen molar-refractivity contribution in [2.45, 2.75) is 6.92 Å². The second-order valence-corrected chi connectivity index (χ2v) is 3.57. The minimum Gasteiger partial charge on any atom is -0.478 e. The molecule has 2 aromatic heterocycles. The van der Waals surface area contributed by atoms with Crippen molar-refractivity contribution in [2.75, 3.05) is 0 Å². The van der Waals surface area contributed by atoms with Crippen LogP contribution in [-0.2, 0) is 7.05 Å². The van der Waals surface area contributed by atoms with Crippen LogP contribution < -0.4 is 0 Å². The highest BCUT2D eigenvalue weighted by atomic mass is 16.4. The van der Waals surface area contributed by atoms with E-state index in [1.54, 1.807) is 16.9 Å². The third kappa shape index (κ3) is 1.79. The molecule has 0 saturated heterocycles. The zero-order valence-corrected chi connectivity index (χ0v) is 9.01. The minimum atomic E-state index is -0.976. The van der Waals surface area contributed by atoms with Gasteiger partial charge < -0.3 is 5.11 Å².